The molecule has 3 atom stereocenters. The summed E-state index contributed by atoms with van der Waals surface area (Å²) in [5, 5.41) is 2.95. The van der Waals surface area contributed by atoms with Gasteiger partial charge in [0.2, 0.25) is 5.91 Å². The Morgan fingerprint density at radius 3 is 2.67 bits per heavy atom. The van der Waals surface area contributed by atoms with Crippen LogP contribution >= 0.6 is 0 Å². The Labute approximate surface area is 125 Å². The summed E-state index contributed by atoms with van der Waals surface area (Å²) >= 11 is 0. The van der Waals surface area contributed by atoms with Gasteiger partial charge in [-0.05, 0) is 39.3 Å². The van der Waals surface area contributed by atoms with Crippen LogP contribution < -0.4 is 11.1 Å². The maximum absolute atomic E-state index is 12.0. The average molecular weight is 295 g/mol. The molecule has 6 heteroatoms. The number of hydrogen-bond acceptors (Lipinski definition) is 5. The second kappa shape index (κ2) is 7.04. The number of nitrogens with zero attached hydrogens (tertiary/aromatic N) is 1. The number of carbonyl (C=O) groups is 2. The van der Waals surface area contributed by atoms with Gasteiger partial charge in [0.25, 0.3) is 0 Å². The molecule has 3 unspecified atom stereocenters. The van der Waals surface area contributed by atoms with Gasteiger partial charge in [-0.3, -0.25) is 9.69 Å². The molecule has 0 saturated carbocycles. The number of amides is 1. The summed E-state index contributed by atoms with van der Waals surface area (Å²) in [6.45, 7) is 5.59. The summed E-state index contributed by atoms with van der Waals surface area (Å²) < 4.78 is 5.09. The SMILES string of the molecule is CCOC(=O)C1=CC(N2CCCC2)C(NC(C)=O)C(N)C1. The highest BCUT2D eigenvalue weighted by molar-refractivity contribution is 5.89. The molecule has 0 spiro atoms. The summed E-state index contributed by atoms with van der Waals surface area (Å²) in [5.74, 6) is -0.383. The third-order valence-electron chi connectivity index (χ3n) is 4.13. The molecular formula is C15H25N3O3. The highest BCUT2D eigenvalue weighted by atomic mass is 16.5. The van der Waals surface area contributed by atoms with E-state index in [0.717, 1.165) is 25.9 Å². The van der Waals surface area contributed by atoms with Crippen molar-refractivity contribution in [2.75, 3.05) is 19.7 Å². The normalized spacial score (nSPS) is 29.9. The molecule has 1 aliphatic carbocycles. The Morgan fingerprint density at radius 2 is 2.10 bits per heavy atom. The molecular weight excluding hydrogens is 270 g/mol. The Balaban J connectivity index is 2.22. The first-order valence-corrected chi connectivity index (χ1v) is 7.67. The van der Waals surface area contributed by atoms with Crippen LogP contribution in [0, 0.1) is 0 Å². The molecule has 6 nitrogen and oxygen atoms in total. The van der Waals surface area contributed by atoms with Crippen LogP contribution in [0.2, 0.25) is 0 Å². The smallest absolute Gasteiger partial charge is 0.333 e. The van der Waals surface area contributed by atoms with Crippen molar-refractivity contribution in [2.24, 2.45) is 5.73 Å². The zero-order valence-electron chi connectivity index (χ0n) is 12.8. The zero-order chi connectivity index (χ0) is 15.4. The van der Waals surface area contributed by atoms with E-state index in [4.69, 9.17) is 10.5 Å². The molecule has 3 N–H and O–H groups in total. The van der Waals surface area contributed by atoms with E-state index >= 15 is 0 Å². The van der Waals surface area contributed by atoms with Crippen molar-refractivity contribution in [3.8, 4) is 0 Å². The number of nitrogens with one attached hydrogen (secondary N) is 1. The zero-order valence-corrected chi connectivity index (χ0v) is 12.8. The van der Waals surface area contributed by atoms with Crippen LogP contribution in [0.4, 0.5) is 0 Å². The molecule has 1 amide bonds. The molecule has 0 aromatic heterocycles. The fraction of sp³-hybridized carbons (Fsp3) is 0.733. The van der Waals surface area contributed by atoms with E-state index in [0.29, 0.717) is 18.6 Å². The fourth-order valence-corrected chi connectivity index (χ4v) is 3.19. The van der Waals surface area contributed by atoms with Crippen LogP contribution in [-0.4, -0.2) is 54.6 Å². The van der Waals surface area contributed by atoms with E-state index in [2.05, 4.69) is 10.2 Å². The third kappa shape index (κ3) is 3.83. The monoisotopic (exact) mass is 295 g/mol. The summed E-state index contributed by atoms with van der Waals surface area (Å²) in [6, 6.07) is -0.456. The van der Waals surface area contributed by atoms with Gasteiger partial charge in [-0.1, -0.05) is 6.08 Å². The maximum Gasteiger partial charge on any atom is 0.333 e. The Morgan fingerprint density at radius 1 is 1.43 bits per heavy atom. The van der Waals surface area contributed by atoms with Crippen molar-refractivity contribution in [3.63, 3.8) is 0 Å². The van der Waals surface area contributed by atoms with E-state index in [1.54, 1.807) is 6.92 Å². The second-order valence-electron chi connectivity index (χ2n) is 5.74. The third-order valence-corrected chi connectivity index (χ3v) is 4.13. The van der Waals surface area contributed by atoms with Gasteiger partial charge >= 0.3 is 5.97 Å². The summed E-state index contributed by atoms with van der Waals surface area (Å²) in [4.78, 5) is 25.7. The highest BCUT2D eigenvalue weighted by Gasteiger charge is 2.37. The van der Waals surface area contributed by atoms with Crippen LogP contribution in [0.5, 0.6) is 0 Å². The minimum Gasteiger partial charge on any atom is -0.463 e. The lowest BCUT2D eigenvalue weighted by Gasteiger charge is -2.39. The number of hydrogen-bond donors (Lipinski definition) is 2. The highest BCUT2D eigenvalue weighted by Crippen LogP contribution is 2.25. The van der Waals surface area contributed by atoms with E-state index in [9.17, 15) is 9.59 Å². The lowest BCUT2D eigenvalue weighted by atomic mass is 9.86. The first-order chi connectivity index (χ1) is 10.0. The van der Waals surface area contributed by atoms with E-state index in [1.165, 1.54) is 6.92 Å². The quantitative estimate of drug-likeness (QED) is 0.723. The summed E-state index contributed by atoms with van der Waals surface area (Å²) in [7, 11) is 0. The lowest BCUT2D eigenvalue weighted by Crippen LogP contribution is -2.60. The number of esters is 1. The predicted octanol–water partition coefficient (Wildman–Crippen LogP) is 0.176. The number of ether oxygens (including phenoxy) is 1. The van der Waals surface area contributed by atoms with Gasteiger partial charge < -0.3 is 15.8 Å². The molecule has 1 saturated heterocycles. The maximum atomic E-state index is 12.0. The van der Waals surface area contributed by atoms with Crippen LogP contribution in [0.25, 0.3) is 0 Å². The van der Waals surface area contributed by atoms with Crippen LogP contribution in [0.3, 0.4) is 0 Å². The minimum atomic E-state index is -0.293. The largest absolute Gasteiger partial charge is 0.463 e. The molecule has 21 heavy (non-hydrogen) atoms. The van der Waals surface area contributed by atoms with Crippen LogP contribution in [0.15, 0.2) is 11.6 Å². The Bertz CT molecular complexity index is 430. The van der Waals surface area contributed by atoms with Crippen LogP contribution in [-0.2, 0) is 14.3 Å². The summed E-state index contributed by atoms with van der Waals surface area (Å²) in [5.41, 5.74) is 6.85. The fourth-order valence-electron chi connectivity index (χ4n) is 3.19. The van der Waals surface area contributed by atoms with Gasteiger partial charge in [-0.15, -0.1) is 0 Å². The molecule has 0 bridgehead atoms. The van der Waals surface area contributed by atoms with Gasteiger partial charge in [0, 0.05) is 18.5 Å². The van der Waals surface area contributed by atoms with E-state index < -0.39 is 0 Å². The number of nitrogens with two attached hydrogens (primary N) is 1. The molecule has 2 rings (SSSR count). The molecule has 1 fully saturated rings. The van der Waals surface area contributed by atoms with Crippen molar-refractivity contribution < 1.29 is 14.3 Å². The summed E-state index contributed by atoms with van der Waals surface area (Å²) in [6.07, 6.45) is 4.66. The van der Waals surface area contributed by atoms with Crippen molar-refractivity contribution in [3.05, 3.63) is 11.6 Å². The molecule has 0 aromatic rings. The number of carbonyl (C=O) groups excluding carboxylic acids is 2. The van der Waals surface area contributed by atoms with Gasteiger partial charge in [-0.2, -0.15) is 0 Å². The molecule has 0 aromatic carbocycles. The van der Waals surface area contributed by atoms with Crippen LogP contribution in [0.1, 0.15) is 33.1 Å². The molecule has 2 aliphatic rings. The van der Waals surface area contributed by atoms with Crippen molar-refractivity contribution in [2.45, 2.75) is 51.2 Å². The van der Waals surface area contributed by atoms with Gasteiger partial charge in [0.15, 0.2) is 0 Å². The van der Waals surface area contributed by atoms with Crippen molar-refractivity contribution >= 4 is 11.9 Å². The molecule has 1 aliphatic heterocycles. The van der Waals surface area contributed by atoms with Gasteiger partial charge in [0.1, 0.15) is 0 Å². The van der Waals surface area contributed by atoms with Crippen molar-refractivity contribution in [1.82, 2.24) is 10.2 Å². The Hall–Kier alpha value is -1.40. The standard InChI is InChI=1S/C15H25N3O3/c1-3-21-15(20)11-8-12(16)14(17-10(2)19)13(9-11)18-6-4-5-7-18/h9,12-14H,3-8,16H2,1-2H3,(H,17,19). The minimum absolute atomic E-state index is 0.0282. The molecule has 118 valence electrons. The number of likely N-dealkylation sites (tertiary alicyclic amines) is 1. The Kier molecular flexibility index (Phi) is 5.36. The van der Waals surface area contributed by atoms with E-state index in [1.807, 2.05) is 6.08 Å². The molecule has 0 radical (unpaired) electrons. The first-order valence-electron chi connectivity index (χ1n) is 7.67. The first kappa shape index (κ1) is 16.0. The molecule has 1 heterocycles. The van der Waals surface area contributed by atoms with E-state index in [-0.39, 0.29) is 30.0 Å². The number of rotatable bonds is 4. The average Bonchev–Trinajstić information content (AvgIpc) is 2.94. The second-order valence-corrected chi connectivity index (χ2v) is 5.74. The van der Waals surface area contributed by atoms with Gasteiger partial charge in [-0.25, -0.2) is 4.79 Å². The lowest BCUT2D eigenvalue weighted by molar-refractivity contribution is -0.138. The topological polar surface area (TPSA) is 84.7 Å². The predicted molar refractivity (Wildman–Crippen MR) is 79.5 cm³/mol. The van der Waals surface area contributed by atoms with Crippen molar-refractivity contribution in [1.29, 1.82) is 0 Å². The van der Waals surface area contributed by atoms with Gasteiger partial charge in [0.05, 0.1) is 18.7 Å².